The first-order chi connectivity index (χ1) is 19.0. The largest absolute Gasteiger partial charge is 0.488 e. The van der Waals surface area contributed by atoms with Crippen molar-refractivity contribution < 1.29 is 23.4 Å². The Hall–Kier alpha value is -3.42. The van der Waals surface area contributed by atoms with Crippen LogP contribution in [0.25, 0.3) is 11.1 Å². The summed E-state index contributed by atoms with van der Waals surface area (Å²) in [5, 5.41) is 0. The SMILES string of the molecule is C[C@@H](N)c1cccc(-c2cc(COc3ccccc3COC=O)cc(N3CCC4(CCOCC4)CC3)c2)c1F. The fourth-order valence-corrected chi connectivity index (χ4v) is 5.81. The average molecular weight is 533 g/mol. The Balaban J connectivity index is 1.44. The van der Waals surface area contributed by atoms with E-state index in [1.807, 2.05) is 42.5 Å². The number of rotatable bonds is 9. The van der Waals surface area contributed by atoms with Gasteiger partial charge in [-0.1, -0.05) is 36.4 Å². The number of carbonyl (C=O) groups excluding carboxylic acids is 1. The summed E-state index contributed by atoms with van der Waals surface area (Å²) in [6, 6.07) is 18.7. The second-order valence-electron chi connectivity index (χ2n) is 10.8. The van der Waals surface area contributed by atoms with Crippen LogP contribution in [-0.4, -0.2) is 32.8 Å². The molecule has 0 saturated carbocycles. The van der Waals surface area contributed by atoms with Gasteiger partial charge in [0.1, 0.15) is 24.8 Å². The maximum atomic E-state index is 15.6. The maximum Gasteiger partial charge on any atom is 0.293 e. The van der Waals surface area contributed by atoms with Crippen molar-refractivity contribution >= 4 is 12.2 Å². The molecule has 0 aromatic heterocycles. The first kappa shape index (κ1) is 27.2. The Bertz CT molecular complexity index is 1280. The summed E-state index contributed by atoms with van der Waals surface area (Å²) < 4.78 is 32.4. The predicted molar refractivity (Wildman–Crippen MR) is 150 cm³/mol. The molecule has 2 saturated heterocycles. The van der Waals surface area contributed by atoms with Gasteiger partial charge >= 0.3 is 0 Å². The van der Waals surface area contributed by atoms with Gasteiger partial charge in [-0.25, -0.2) is 4.39 Å². The van der Waals surface area contributed by atoms with Gasteiger partial charge in [-0.05, 0) is 73.4 Å². The third-order valence-electron chi connectivity index (χ3n) is 8.22. The quantitative estimate of drug-likeness (QED) is 0.333. The Labute approximate surface area is 229 Å². The zero-order valence-corrected chi connectivity index (χ0v) is 22.5. The standard InChI is InChI=1S/C32H37FN2O4/c1-23(34)28-6-4-7-29(31(28)33)26-17-24(20-39-30-8-3-2-5-25(30)21-38-22-36)18-27(19-26)35-13-9-32(10-14-35)11-15-37-16-12-32/h2-8,17-19,22-23H,9-16,20-21,34H2,1H3/t23-/m1/s1. The summed E-state index contributed by atoms with van der Waals surface area (Å²) in [5.74, 6) is 0.364. The molecule has 2 aliphatic rings. The third-order valence-corrected chi connectivity index (χ3v) is 8.22. The minimum absolute atomic E-state index is 0.140. The van der Waals surface area contributed by atoms with Gasteiger partial charge in [0, 0.05) is 54.7 Å². The van der Waals surface area contributed by atoms with Crippen LogP contribution >= 0.6 is 0 Å². The molecule has 2 heterocycles. The van der Waals surface area contributed by atoms with Crippen LogP contribution in [0.3, 0.4) is 0 Å². The monoisotopic (exact) mass is 532 g/mol. The highest BCUT2D eigenvalue weighted by Crippen LogP contribution is 2.42. The summed E-state index contributed by atoms with van der Waals surface area (Å²) >= 11 is 0. The molecule has 2 aliphatic heterocycles. The highest BCUT2D eigenvalue weighted by molar-refractivity contribution is 5.71. The van der Waals surface area contributed by atoms with Crippen molar-refractivity contribution in [3.8, 4) is 16.9 Å². The van der Waals surface area contributed by atoms with Gasteiger partial charge < -0.3 is 24.8 Å². The lowest BCUT2D eigenvalue weighted by Crippen LogP contribution is -2.43. The van der Waals surface area contributed by atoms with Gasteiger partial charge in [0.15, 0.2) is 0 Å². The van der Waals surface area contributed by atoms with E-state index in [1.165, 1.54) is 0 Å². The Morgan fingerprint density at radius 1 is 1.03 bits per heavy atom. The average Bonchev–Trinajstić information content (AvgIpc) is 2.96. The van der Waals surface area contributed by atoms with Crippen molar-refractivity contribution in [1.82, 2.24) is 0 Å². The minimum Gasteiger partial charge on any atom is -0.488 e. The molecule has 1 atom stereocenters. The van der Waals surface area contributed by atoms with Crippen LogP contribution in [-0.2, 0) is 27.5 Å². The molecule has 2 N–H and O–H groups in total. The molecule has 3 aromatic rings. The van der Waals surface area contributed by atoms with E-state index in [9.17, 15) is 4.79 Å². The van der Waals surface area contributed by atoms with Gasteiger partial charge in [-0.3, -0.25) is 4.79 Å². The van der Waals surface area contributed by atoms with Gasteiger partial charge in [0.05, 0.1) is 0 Å². The van der Waals surface area contributed by atoms with E-state index < -0.39 is 6.04 Å². The van der Waals surface area contributed by atoms with Gasteiger partial charge in [0.2, 0.25) is 0 Å². The van der Waals surface area contributed by atoms with E-state index in [0.29, 0.717) is 35.4 Å². The number of nitrogens with two attached hydrogens (primary N) is 1. The summed E-state index contributed by atoms with van der Waals surface area (Å²) in [6.45, 7) is 6.28. The fourth-order valence-electron chi connectivity index (χ4n) is 5.81. The van der Waals surface area contributed by atoms with Gasteiger partial charge in [-0.15, -0.1) is 0 Å². The molecule has 7 heteroatoms. The molecule has 0 bridgehead atoms. The number of anilines is 1. The van der Waals surface area contributed by atoms with Gasteiger partial charge in [-0.2, -0.15) is 0 Å². The predicted octanol–water partition coefficient (Wildman–Crippen LogP) is 6.16. The molecule has 3 aromatic carbocycles. The smallest absolute Gasteiger partial charge is 0.293 e. The molecule has 2 fully saturated rings. The molecule has 206 valence electrons. The first-order valence-electron chi connectivity index (χ1n) is 13.7. The summed E-state index contributed by atoms with van der Waals surface area (Å²) in [5.41, 5.74) is 11.1. The Morgan fingerprint density at radius 2 is 1.79 bits per heavy atom. The van der Waals surface area contributed by atoms with E-state index in [2.05, 4.69) is 17.0 Å². The number of hydrogen-bond acceptors (Lipinski definition) is 6. The Kier molecular flexibility index (Phi) is 8.48. The lowest BCUT2D eigenvalue weighted by Gasteiger charge is -2.45. The van der Waals surface area contributed by atoms with Crippen LogP contribution in [0.5, 0.6) is 5.75 Å². The van der Waals surface area contributed by atoms with Crippen molar-refractivity contribution in [2.75, 3.05) is 31.2 Å². The number of carbonyl (C=O) groups is 1. The van der Waals surface area contributed by atoms with Crippen molar-refractivity contribution in [2.24, 2.45) is 11.1 Å². The minimum atomic E-state index is -0.404. The lowest BCUT2D eigenvalue weighted by atomic mass is 9.72. The fraction of sp³-hybridized carbons (Fsp3) is 0.406. The van der Waals surface area contributed by atoms with E-state index in [4.69, 9.17) is 19.9 Å². The molecule has 5 rings (SSSR count). The Morgan fingerprint density at radius 3 is 2.54 bits per heavy atom. The van der Waals surface area contributed by atoms with Crippen molar-refractivity contribution in [2.45, 2.75) is 51.9 Å². The first-order valence-corrected chi connectivity index (χ1v) is 13.7. The van der Waals surface area contributed by atoms with Crippen molar-refractivity contribution in [3.05, 3.63) is 83.2 Å². The molecule has 39 heavy (non-hydrogen) atoms. The summed E-state index contributed by atoms with van der Waals surface area (Å²) in [7, 11) is 0. The van der Waals surface area contributed by atoms with Crippen LogP contribution in [0.15, 0.2) is 60.7 Å². The van der Waals surface area contributed by atoms with Crippen LogP contribution in [0.4, 0.5) is 10.1 Å². The molecule has 0 radical (unpaired) electrons. The highest BCUT2D eigenvalue weighted by atomic mass is 19.1. The molecule has 0 aliphatic carbocycles. The van der Waals surface area contributed by atoms with Crippen LogP contribution < -0.4 is 15.4 Å². The van der Waals surface area contributed by atoms with E-state index >= 15 is 4.39 Å². The van der Waals surface area contributed by atoms with Crippen molar-refractivity contribution in [1.29, 1.82) is 0 Å². The maximum absolute atomic E-state index is 15.6. The number of benzene rings is 3. The molecule has 0 amide bonds. The van der Waals surface area contributed by atoms with Crippen LogP contribution in [0, 0.1) is 11.2 Å². The number of halogens is 1. The molecule has 6 nitrogen and oxygen atoms in total. The second-order valence-corrected chi connectivity index (χ2v) is 10.8. The number of para-hydroxylation sites is 1. The van der Waals surface area contributed by atoms with Crippen molar-refractivity contribution in [3.63, 3.8) is 0 Å². The molecule has 0 unspecified atom stereocenters. The van der Waals surface area contributed by atoms with Crippen LogP contribution in [0.2, 0.25) is 0 Å². The number of nitrogens with zero attached hydrogens (tertiary/aromatic N) is 1. The number of hydrogen-bond donors (Lipinski definition) is 1. The highest BCUT2D eigenvalue weighted by Gasteiger charge is 2.36. The lowest BCUT2D eigenvalue weighted by molar-refractivity contribution is -0.129. The third kappa shape index (κ3) is 6.26. The zero-order chi connectivity index (χ0) is 27.2. The van der Waals surface area contributed by atoms with E-state index in [-0.39, 0.29) is 12.4 Å². The number of ether oxygens (including phenoxy) is 3. The molecular weight excluding hydrogens is 495 g/mol. The van der Waals surface area contributed by atoms with Gasteiger partial charge in [0.25, 0.3) is 6.47 Å². The molecule has 1 spiro atoms. The second kappa shape index (κ2) is 12.2. The van der Waals surface area contributed by atoms with E-state index in [0.717, 1.165) is 74.4 Å². The molecular formula is C32H37FN2O4. The van der Waals surface area contributed by atoms with E-state index in [1.54, 1.807) is 13.0 Å². The summed E-state index contributed by atoms with van der Waals surface area (Å²) in [6.07, 6.45) is 4.51. The zero-order valence-electron chi connectivity index (χ0n) is 22.5. The van der Waals surface area contributed by atoms with Crippen LogP contribution in [0.1, 0.15) is 55.3 Å². The normalized spacial score (nSPS) is 17.6. The number of piperidine rings is 1. The summed E-state index contributed by atoms with van der Waals surface area (Å²) in [4.78, 5) is 13.1. The topological polar surface area (TPSA) is 74.0 Å².